The smallest absolute Gasteiger partial charge is 0.317 e. The van der Waals surface area contributed by atoms with Crippen LogP contribution in [0.1, 0.15) is 55.4 Å². The van der Waals surface area contributed by atoms with Gasteiger partial charge in [-0.1, -0.05) is 48.5 Å². The Hall–Kier alpha value is -0.586. The molecule has 0 aromatic heterocycles. The van der Waals surface area contributed by atoms with Gasteiger partial charge in [-0.3, -0.25) is 9.59 Å². The van der Waals surface area contributed by atoms with Crippen LogP contribution in [-0.2, 0) is 27.9 Å². The van der Waals surface area contributed by atoms with E-state index in [9.17, 15) is 14.7 Å². The zero-order chi connectivity index (χ0) is 25.7. The number of hydrogen-bond acceptors (Lipinski definition) is 7. The minimum Gasteiger partial charge on any atom is -0.414 e. The van der Waals surface area contributed by atoms with Crippen LogP contribution < -0.4 is 0 Å². The minimum atomic E-state index is -2.32. The largest absolute Gasteiger partial charge is 0.414 e. The summed E-state index contributed by atoms with van der Waals surface area (Å²) in [4.78, 5) is 24.8. The van der Waals surface area contributed by atoms with E-state index in [1.54, 1.807) is 6.92 Å². The monoisotopic (exact) mass is 502 g/mol. The van der Waals surface area contributed by atoms with Gasteiger partial charge in [-0.15, -0.1) is 0 Å². The van der Waals surface area contributed by atoms with Crippen molar-refractivity contribution in [1.82, 2.24) is 0 Å². The first-order valence-electron chi connectivity index (χ1n) is 12.1. The number of rotatable bonds is 6. The summed E-state index contributed by atoms with van der Waals surface area (Å²) in [6.45, 7) is 25.4. The van der Waals surface area contributed by atoms with Gasteiger partial charge in [0.1, 0.15) is 12.2 Å². The average molecular weight is 503 g/mol. The van der Waals surface area contributed by atoms with E-state index < -0.39 is 70.7 Å². The van der Waals surface area contributed by atoms with E-state index in [-0.39, 0.29) is 16.7 Å². The van der Waals surface area contributed by atoms with Crippen LogP contribution in [0.15, 0.2) is 0 Å². The van der Waals surface area contributed by atoms with Crippen molar-refractivity contribution in [3.63, 3.8) is 0 Å². The molecule has 2 aliphatic heterocycles. The Balaban J connectivity index is 2.39. The summed E-state index contributed by atoms with van der Waals surface area (Å²) in [6.07, 6.45) is -2.64. The lowest BCUT2D eigenvalue weighted by molar-refractivity contribution is -0.211. The van der Waals surface area contributed by atoms with E-state index in [2.05, 4.69) is 67.7 Å². The fraction of sp³-hybridized carbons (Fsp3) is 0.917. The highest BCUT2D eigenvalue weighted by Crippen LogP contribution is 2.45. The molecule has 0 aromatic rings. The summed E-state index contributed by atoms with van der Waals surface area (Å²) in [7, 11) is -4.38. The van der Waals surface area contributed by atoms with Crippen molar-refractivity contribution < 1.29 is 33.0 Å². The van der Waals surface area contributed by atoms with Crippen LogP contribution in [0, 0.1) is 17.8 Å². The molecule has 0 bridgehead atoms. The number of aliphatic hydroxyl groups excluding tert-OH is 1. The Morgan fingerprint density at radius 1 is 0.909 bits per heavy atom. The molecular formula is C24H46O7Si2. The Morgan fingerprint density at radius 2 is 1.42 bits per heavy atom. The summed E-state index contributed by atoms with van der Waals surface area (Å²) >= 11 is 0. The van der Waals surface area contributed by atoms with Crippen LogP contribution in [-0.4, -0.2) is 64.7 Å². The van der Waals surface area contributed by atoms with E-state index >= 15 is 0 Å². The molecule has 2 saturated heterocycles. The summed E-state index contributed by atoms with van der Waals surface area (Å²) in [5, 5.41) is 11.5. The standard InChI is InChI=1S/C24H46O7Si2/c1-14-17(22(27)30-21(14)26)18-15(2)29-16(13-28-32(9,10)23(3,4)5)19(25)20(18)31-33(11,12)24(6,7)8/h14-20,25H,13H2,1-12H3. The molecule has 0 saturated carbocycles. The number of aliphatic hydroxyl groups is 1. The maximum absolute atomic E-state index is 12.7. The molecule has 2 rings (SSSR count). The van der Waals surface area contributed by atoms with Gasteiger partial charge in [0, 0.05) is 5.92 Å². The third-order valence-electron chi connectivity index (χ3n) is 8.48. The molecule has 2 aliphatic rings. The Bertz CT molecular complexity index is 738. The molecule has 0 spiro atoms. The third-order valence-corrected chi connectivity index (χ3v) is 17.5. The van der Waals surface area contributed by atoms with Crippen molar-refractivity contribution in [2.75, 3.05) is 6.61 Å². The van der Waals surface area contributed by atoms with E-state index in [1.165, 1.54) is 0 Å². The number of hydrogen-bond donors (Lipinski definition) is 1. The van der Waals surface area contributed by atoms with Crippen molar-refractivity contribution >= 4 is 28.6 Å². The predicted octanol–water partition coefficient (Wildman–Crippen LogP) is 4.50. The Morgan fingerprint density at radius 3 is 1.85 bits per heavy atom. The lowest BCUT2D eigenvalue weighted by Crippen LogP contribution is -2.62. The van der Waals surface area contributed by atoms with Crippen LogP contribution in [0.2, 0.25) is 36.3 Å². The molecule has 7 unspecified atom stereocenters. The van der Waals surface area contributed by atoms with Gasteiger partial charge in [0.05, 0.1) is 30.7 Å². The normalized spacial score (nSPS) is 34.5. The van der Waals surface area contributed by atoms with Gasteiger partial charge in [-0.2, -0.15) is 0 Å². The third kappa shape index (κ3) is 5.81. The fourth-order valence-corrected chi connectivity index (χ4v) is 6.41. The van der Waals surface area contributed by atoms with Crippen LogP contribution >= 0.6 is 0 Å². The van der Waals surface area contributed by atoms with Gasteiger partial charge >= 0.3 is 11.9 Å². The van der Waals surface area contributed by atoms with Gasteiger partial charge in [0.2, 0.25) is 0 Å². The zero-order valence-electron chi connectivity index (χ0n) is 22.6. The van der Waals surface area contributed by atoms with Gasteiger partial charge in [0.25, 0.3) is 0 Å². The molecule has 0 aliphatic carbocycles. The Labute approximate surface area is 202 Å². The molecule has 192 valence electrons. The lowest BCUT2D eigenvalue weighted by Gasteiger charge is -2.50. The highest BCUT2D eigenvalue weighted by Gasteiger charge is 2.57. The van der Waals surface area contributed by atoms with Crippen LogP contribution in [0.3, 0.4) is 0 Å². The van der Waals surface area contributed by atoms with E-state index in [1.807, 2.05) is 6.92 Å². The topological polar surface area (TPSA) is 91.3 Å². The molecule has 2 fully saturated rings. The highest BCUT2D eigenvalue weighted by molar-refractivity contribution is 6.74. The van der Waals surface area contributed by atoms with Crippen molar-refractivity contribution in [2.24, 2.45) is 17.8 Å². The SMILES string of the molecule is CC1OC(CO[Si](C)(C)C(C)(C)C)C(O)C(O[Si](C)(C)C(C)(C)C)C1C1C(=O)OC(=O)C1C. The molecule has 33 heavy (non-hydrogen) atoms. The number of ether oxygens (including phenoxy) is 2. The number of carbonyl (C=O) groups excluding carboxylic acids is 2. The van der Waals surface area contributed by atoms with Crippen LogP contribution in [0.5, 0.6) is 0 Å². The minimum absolute atomic E-state index is 0.0290. The van der Waals surface area contributed by atoms with Gasteiger partial charge in [-0.05, 0) is 43.2 Å². The van der Waals surface area contributed by atoms with E-state index in [0.717, 1.165) is 0 Å². The number of cyclic esters (lactones) is 2. The van der Waals surface area contributed by atoms with Gasteiger partial charge in [-0.25, -0.2) is 0 Å². The summed E-state index contributed by atoms with van der Waals surface area (Å²) in [5.74, 6) is -2.89. The molecular weight excluding hydrogens is 456 g/mol. The van der Waals surface area contributed by atoms with Gasteiger partial charge < -0.3 is 23.4 Å². The van der Waals surface area contributed by atoms with Gasteiger partial charge in [0.15, 0.2) is 16.6 Å². The fourth-order valence-electron chi connectivity index (χ4n) is 4.06. The van der Waals surface area contributed by atoms with Crippen LogP contribution in [0.4, 0.5) is 0 Å². The van der Waals surface area contributed by atoms with Crippen molar-refractivity contribution in [2.45, 2.75) is 116 Å². The Kier molecular flexibility index (Phi) is 8.22. The first kappa shape index (κ1) is 28.6. The number of esters is 2. The maximum atomic E-state index is 12.7. The summed E-state index contributed by atoms with van der Waals surface area (Å²) in [5.41, 5.74) is 0. The van der Waals surface area contributed by atoms with E-state index in [0.29, 0.717) is 0 Å². The lowest BCUT2D eigenvalue weighted by atomic mass is 9.74. The summed E-state index contributed by atoms with van der Waals surface area (Å²) < 4.78 is 24.3. The second kappa shape index (κ2) is 9.46. The molecule has 7 nitrogen and oxygen atoms in total. The first-order valence-corrected chi connectivity index (χ1v) is 17.9. The average Bonchev–Trinajstić information content (AvgIpc) is 2.87. The maximum Gasteiger partial charge on any atom is 0.317 e. The van der Waals surface area contributed by atoms with Crippen molar-refractivity contribution in [3.05, 3.63) is 0 Å². The van der Waals surface area contributed by atoms with Crippen molar-refractivity contribution in [1.29, 1.82) is 0 Å². The molecule has 2 heterocycles. The zero-order valence-corrected chi connectivity index (χ0v) is 24.6. The van der Waals surface area contributed by atoms with Crippen LogP contribution in [0.25, 0.3) is 0 Å². The molecule has 0 radical (unpaired) electrons. The second-order valence-corrected chi connectivity index (χ2v) is 22.5. The molecule has 7 atom stereocenters. The second-order valence-electron chi connectivity index (χ2n) is 12.9. The van der Waals surface area contributed by atoms with Crippen molar-refractivity contribution in [3.8, 4) is 0 Å². The summed E-state index contributed by atoms with van der Waals surface area (Å²) in [6, 6.07) is 0. The quantitative estimate of drug-likeness (QED) is 0.325. The predicted molar refractivity (Wildman–Crippen MR) is 133 cm³/mol. The highest BCUT2D eigenvalue weighted by atomic mass is 28.4. The molecule has 0 aromatic carbocycles. The number of carbonyl (C=O) groups is 2. The first-order chi connectivity index (χ1) is 14.7. The molecule has 1 N–H and O–H groups in total. The molecule has 9 heteroatoms. The molecule has 0 amide bonds. The van der Waals surface area contributed by atoms with E-state index in [4.69, 9.17) is 18.3 Å².